The smallest absolute Gasteiger partial charge is 0.299 e. The summed E-state index contributed by atoms with van der Waals surface area (Å²) in [6, 6.07) is 11.4. The number of nitrogens with one attached hydrogen (secondary N) is 1. The molecule has 0 bridgehead atoms. The molecule has 0 amide bonds. The Hall–Kier alpha value is -2.66. The van der Waals surface area contributed by atoms with Crippen LogP contribution in [0.2, 0.25) is 0 Å². The summed E-state index contributed by atoms with van der Waals surface area (Å²) < 4.78 is 19.7. The number of halogens is 1. The number of fused-ring (bicyclic) bond motifs is 1. The largest absolute Gasteiger partial charge is 0.423 e. The van der Waals surface area contributed by atoms with Gasteiger partial charge in [0.05, 0.1) is 11.8 Å². The first-order chi connectivity index (χ1) is 12.5. The number of aliphatic hydroxyl groups excluding tert-OH is 1. The van der Waals surface area contributed by atoms with Gasteiger partial charge in [-0.2, -0.15) is 4.98 Å². The second-order valence-corrected chi connectivity index (χ2v) is 6.86. The first kappa shape index (κ1) is 16.8. The van der Waals surface area contributed by atoms with E-state index in [0.717, 1.165) is 24.1 Å². The summed E-state index contributed by atoms with van der Waals surface area (Å²) in [6.45, 7) is 3.57. The minimum absolute atomic E-state index is 0.265. The Morgan fingerprint density at radius 3 is 2.88 bits per heavy atom. The van der Waals surface area contributed by atoms with Gasteiger partial charge in [-0.15, -0.1) is 0 Å². The summed E-state index contributed by atoms with van der Waals surface area (Å²) in [5.41, 5.74) is 5.19. The van der Waals surface area contributed by atoms with Crippen molar-refractivity contribution in [1.29, 1.82) is 0 Å². The van der Waals surface area contributed by atoms with Crippen LogP contribution in [0.5, 0.6) is 0 Å². The Balaban J connectivity index is 1.66. The number of benzene rings is 2. The molecule has 2 N–H and O–H groups in total. The quantitative estimate of drug-likeness (QED) is 0.718. The third kappa shape index (κ3) is 3.10. The van der Waals surface area contributed by atoms with Crippen molar-refractivity contribution in [2.45, 2.75) is 39.2 Å². The van der Waals surface area contributed by atoms with Crippen LogP contribution in [0.4, 0.5) is 16.1 Å². The predicted molar refractivity (Wildman–Crippen MR) is 99.1 cm³/mol. The first-order valence-electron chi connectivity index (χ1n) is 8.81. The van der Waals surface area contributed by atoms with Gasteiger partial charge in [0.1, 0.15) is 5.82 Å². The molecule has 3 aromatic rings. The number of anilines is 2. The van der Waals surface area contributed by atoms with Crippen molar-refractivity contribution in [1.82, 2.24) is 4.98 Å². The lowest BCUT2D eigenvalue weighted by atomic mass is 9.88. The molecule has 1 aliphatic rings. The van der Waals surface area contributed by atoms with Crippen molar-refractivity contribution in [2.75, 3.05) is 5.32 Å². The third-order valence-corrected chi connectivity index (χ3v) is 4.93. The maximum atomic E-state index is 13.9. The molecule has 0 fully saturated rings. The average Bonchev–Trinajstić information content (AvgIpc) is 2.98. The number of rotatable bonds is 3. The van der Waals surface area contributed by atoms with E-state index in [9.17, 15) is 9.50 Å². The fourth-order valence-electron chi connectivity index (χ4n) is 3.45. The van der Waals surface area contributed by atoms with E-state index in [1.807, 2.05) is 25.1 Å². The zero-order valence-corrected chi connectivity index (χ0v) is 14.8. The fourth-order valence-corrected chi connectivity index (χ4v) is 3.45. The van der Waals surface area contributed by atoms with Gasteiger partial charge in [0.15, 0.2) is 5.76 Å². The van der Waals surface area contributed by atoms with E-state index in [2.05, 4.69) is 16.4 Å². The summed E-state index contributed by atoms with van der Waals surface area (Å²) in [6.07, 6.45) is 1.96. The highest BCUT2D eigenvalue weighted by molar-refractivity contribution is 5.65. The summed E-state index contributed by atoms with van der Waals surface area (Å²) in [5, 5.41) is 13.2. The van der Waals surface area contributed by atoms with E-state index in [4.69, 9.17) is 4.42 Å². The van der Waals surface area contributed by atoms with Gasteiger partial charge in [0.2, 0.25) is 0 Å². The SMILES string of the molecule is Cc1ccc(-c2oc(Nc3cccc4c3CC(O)CC4)nc2C)cc1F. The molecule has 134 valence electrons. The van der Waals surface area contributed by atoms with Crippen molar-refractivity contribution in [3.8, 4) is 11.3 Å². The van der Waals surface area contributed by atoms with Gasteiger partial charge in [-0.3, -0.25) is 0 Å². The molecular formula is C21H21FN2O2. The summed E-state index contributed by atoms with van der Waals surface area (Å²) in [5.74, 6) is 0.287. The molecule has 1 aliphatic carbocycles. The zero-order valence-electron chi connectivity index (χ0n) is 14.8. The molecule has 4 rings (SSSR count). The van der Waals surface area contributed by atoms with Gasteiger partial charge in [0, 0.05) is 17.7 Å². The summed E-state index contributed by atoms with van der Waals surface area (Å²) >= 11 is 0. The van der Waals surface area contributed by atoms with Crippen LogP contribution in [-0.4, -0.2) is 16.2 Å². The van der Waals surface area contributed by atoms with Crippen molar-refractivity contribution >= 4 is 11.7 Å². The third-order valence-electron chi connectivity index (χ3n) is 4.93. The van der Waals surface area contributed by atoms with Crippen LogP contribution < -0.4 is 5.32 Å². The van der Waals surface area contributed by atoms with Crippen LogP contribution in [0.1, 0.15) is 28.8 Å². The first-order valence-corrected chi connectivity index (χ1v) is 8.81. The lowest BCUT2D eigenvalue weighted by molar-refractivity contribution is 0.159. The number of nitrogens with zero attached hydrogens (tertiary/aromatic N) is 1. The molecular weight excluding hydrogens is 331 g/mol. The van der Waals surface area contributed by atoms with Crippen LogP contribution >= 0.6 is 0 Å². The minimum atomic E-state index is -0.317. The molecule has 2 aromatic carbocycles. The highest BCUT2D eigenvalue weighted by Gasteiger charge is 2.20. The van der Waals surface area contributed by atoms with Crippen molar-refractivity contribution in [2.24, 2.45) is 0 Å². The molecule has 26 heavy (non-hydrogen) atoms. The maximum Gasteiger partial charge on any atom is 0.299 e. The van der Waals surface area contributed by atoms with Gasteiger partial charge in [0.25, 0.3) is 6.01 Å². The van der Waals surface area contributed by atoms with E-state index in [1.165, 1.54) is 11.6 Å². The number of hydrogen-bond donors (Lipinski definition) is 2. The molecule has 0 saturated carbocycles. The van der Waals surface area contributed by atoms with Gasteiger partial charge in [-0.25, -0.2) is 4.39 Å². The Morgan fingerprint density at radius 2 is 2.08 bits per heavy atom. The average molecular weight is 352 g/mol. The number of hydrogen-bond acceptors (Lipinski definition) is 4. The molecule has 0 saturated heterocycles. The Labute approximate surface area is 151 Å². The van der Waals surface area contributed by atoms with E-state index in [0.29, 0.717) is 35.0 Å². The monoisotopic (exact) mass is 352 g/mol. The predicted octanol–water partition coefficient (Wildman–Crippen LogP) is 4.69. The topological polar surface area (TPSA) is 58.3 Å². The Morgan fingerprint density at radius 1 is 1.23 bits per heavy atom. The normalized spacial score (nSPS) is 16.4. The second-order valence-electron chi connectivity index (χ2n) is 6.86. The lowest BCUT2D eigenvalue weighted by Gasteiger charge is -2.23. The van der Waals surface area contributed by atoms with Crippen molar-refractivity contribution in [3.63, 3.8) is 0 Å². The Kier molecular flexibility index (Phi) is 4.24. The molecule has 1 heterocycles. The fraction of sp³-hybridized carbons (Fsp3) is 0.286. The van der Waals surface area contributed by atoms with E-state index in [1.54, 1.807) is 13.0 Å². The van der Waals surface area contributed by atoms with Gasteiger partial charge in [-0.05, 0) is 55.5 Å². The highest BCUT2D eigenvalue weighted by atomic mass is 19.1. The number of oxazole rings is 1. The van der Waals surface area contributed by atoms with Crippen LogP contribution in [0.15, 0.2) is 40.8 Å². The van der Waals surface area contributed by atoms with E-state index < -0.39 is 0 Å². The number of aliphatic hydroxyl groups is 1. The van der Waals surface area contributed by atoms with Crippen molar-refractivity contribution in [3.05, 3.63) is 64.6 Å². The number of aromatic nitrogens is 1. The van der Waals surface area contributed by atoms with Crippen LogP contribution in [0.25, 0.3) is 11.3 Å². The van der Waals surface area contributed by atoms with Crippen LogP contribution in [0, 0.1) is 19.7 Å². The van der Waals surface area contributed by atoms with E-state index in [-0.39, 0.29) is 11.9 Å². The highest BCUT2D eigenvalue weighted by Crippen LogP contribution is 2.33. The molecule has 0 radical (unpaired) electrons. The second kappa shape index (κ2) is 6.57. The minimum Gasteiger partial charge on any atom is -0.423 e. The molecule has 1 atom stereocenters. The molecule has 5 heteroatoms. The van der Waals surface area contributed by atoms with Crippen LogP contribution in [0.3, 0.4) is 0 Å². The molecule has 0 aliphatic heterocycles. The zero-order chi connectivity index (χ0) is 18.3. The summed E-state index contributed by atoms with van der Waals surface area (Å²) in [7, 11) is 0. The molecule has 4 nitrogen and oxygen atoms in total. The number of aryl methyl sites for hydroxylation is 3. The Bertz CT molecular complexity index is 965. The van der Waals surface area contributed by atoms with Gasteiger partial charge in [-0.1, -0.05) is 24.3 Å². The van der Waals surface area contributed by atoms with Crippen molar-refractivity contribution < 1.29 is 13.9 Å². The van der Waals surface area contributed by atoms with Crippen LogP contribution in [-0.2, 0) is 12.8 Å². The van der Waals surface area contributed by atoms with Gasteiger partial charge < -0.3 is 14.8 Å². The van der Waals surface area contributed by atoms with Gasteiger partial charge >= 0.3 is 0 Å². The molecule has 1 aromatic heterocycles. The summed E-state index contributed by atoms with van der Waals surface area (Å²) in [4.78, 5) is 4.44. The molecule has 1 unspecified atom stereocenters. The maximum absolute atomic E-state index is 13.9. The van der Waals surface area contributed by atoms with E-state index >= 15 is 0 Å². The standard InChI is InChI=1S/C21H21FN2O2/c1-12-6-7-15(10-18(12)22)20-13(2)23-21(26-20)24-19-5-3-4-14-8-9-16(25)11-17(14)19/h3-7,10,16,25H,8-9,11H2,1-2H3,(H,23,24). The lowest BCUT2D eigenvalue weighted by Crippen LogP contribution is -2.19. The molecule has 0 spiro atoms.